The second kappa shape index (κ2) is 9.41. The number of carbonyl (C=O) groups is 1. The Morgan fingerprint density at radius 1 is 1.00 bits per heavy atom. The van der Waals surface area contributed by atoms with Crippen LogP contribution in [-0.4, -0.2) is 23.2 Å². The van der Waals surface area contributed by atoms with Gasteiger partial charge in [-0.15, -0.1) is 0 Å². The zero-order chi connectivity index (χ0) is 21.6. The topological polar surface area (TPSA) is 63.6 Å². The van der Waals surface area contributed by atoms with Gasteiger partial charge in [0.25, 0.3) is 5.91 Å². The Kier molecular flexibility index (Phi) is 6.24. The van der Waals surface area contributed by atoms with Crippen molar-refractivity contribution >= 4 is 34.6 Å². The quantitative estimate of drug-likeness (QED) is 0.251. The highest BCUT2D eigenvalue weighted by atomic mass is 35.5. The van der Waals surface area contributed by atoms with Crippen molar-refractivity contribution < 1.29 is 9.53 Å². The first-order valence-electron chi connectivity index (χ1n) is 9.80. The standard InChI is InChI=1S/C25H20ClN3O2/c1-17(31-22-13-11-19(12-14-22)18-7-3-2-4-8-18)25(30)29-27-16-21-15-20-9-5-6-10-23(20)28-24(21)26/h2-17H,1H3,(H,29,30)/b27-16-/t17-/m1/s1. The number of amides is 1. The Bertz CT molecular complexity index is 1220. The third-order valence-corrected chi connectivity index (χ3v) is 5.03. The molecule has 0 aliphatic rings. The molecule has 0 aliphatic heterocycles. The molecular formula is C25H20ClN3O2. The molecule has 5 nitrogen and oxygen atoms in total. The number of para-hydroxylation sites is 1. The highest BCUT2D eigenvalue weighted by molar-refractivity contribution is 6.32. The molecule has 1 aromatic heterocycles. The van der Waals surface area contributed by atoms with Gasteiger partial charge in [0.05, 0.1) is 11.7 Å². The van der Waals surface area contributed by atoms with Crippen LogP contribution in [0.1, 0.15) is 12.5 Å². The van der Waals surface area contributed by atoms with Gasteiger partial charge in [-0.25, -0.2) is 10.4 Å². The predicted octanol–water partition coefficient (Wildman–Crippen LogP) is 5.47. The minimum Gasteiger partial charge on any atom is -0.481 e. The molecule has 6 heteroatoms. The van der Waals surface area contributed by atoms with E-state index in [1.165, 1.54) is 6.21 Å². The van der Waals surface area contributed by atoms with Crippen LogP contribution in [0.15, 0.2) is 90.0 Å². The normalized spacial score (nSPS) is 12.1. The molecule has 1 atom stereocenters. The number of rotatable bonds is 6. The summed E-state index contributed by atoms with van der Waals surface area (Å²) in [6.45, 7) is 1.67. The van der Waals surface area contributed by atoms with Crippen LogP contribution in [0, 0.1) is 0 Å². The first-order chi connectivity index (χ1) is 15.1. The van der Waals surface area contributed by atoms with Gasteiger partial charge >= 0.3 is 0 Å². The number of halogens is 1. The number of pyridine rings is 1. The van der Waals surface area contributed by atoms with E-state index < -0.39 is 6.10 Å². The number of carbonyl (C=O) groups excluding carboxylic acids is 1. The van der Waals surface area contributed by atoms with Crippen molar-refractivity contribution in [1.82, 2.24) is 10.4 Å². The zero-order valence-electron chi connectivity index (χ0n) is 16.8. The smallest absolute Gasteiger partial charge is 0.280 e. The van der Waals surface area contributed by atoms with Gasteiger partial charge in [-0.3, -0.25) is 4.79 Å². The van der Waals surface area contributed by atoms with Gasteiger partial charge in [0.15, 0.2) is 6.10 Å². The number of nitrogens with one attached hydrogen (secondary N) is 1. The van der Waals surface area contributed by atoms with Crippen molar-refractivity contribution in [1.29, 1.82) is 0 Å². The summed E-state index contributed by atoms with van der Waals surface area (Å²) in [6, 6.07) is 27.2. The van der Waals surface area contributed by atoms with Crippen molar-refractivity contribution in [2.45, 2.75) is 13.0 Å². The molecule has 0 unspecified atom stereocenters. The maximum atomic E-state index is 12.3. The van der Waals surface area contributed by atoms with Gasteiger partial charge < -0.3 is 4.74 Å². The predicted molar refractivity (Wildman–Crippen MR) is 124 cm³/mol. The van der Waals surface area contributed by atoms with E-state index in [0.29, 0.717) is 16.5 Å². The molecule has 4 rings (SSSR count). The molecule has 1 amide bonds. The maximum Gasteiger partial charge on any atom is 0.280 e. The van der Waals surface area contributed by atoms with Crippen LogP contribution in [0.4, 0.5) is 0 Å². The second-order valence-electron chi connectivity index (χ2n) is 6.95. The molecular weight excluding hydrogens is 410 g/mol. The van der Waals surface area contributed by atoms with E-state index in [4.69, 9.17) is 16.3 Å². The van der Waals surface area contributed by atoms with E-state index in [9.17, 15) is 4.79 Å². The lowest BCUT2D eigenvalue weighted by Gasteiger charge is -2.13. The Morgan fingerprint density at radius 2 is 1.68 bits per heavy atom. The molecule has 1 N–H and O–H groups in total. The second-order valence-corrected chi connectivity index (χ2v) is 7.30. The van der Waals surface area contributed by atoms with Gasteiger partial charge in [0.1, 0.15) is 10.9 Å². The van der Waals surface area contributed by atoms with E-state index in [0.717, 1.165) is 22.0 Å². The van der Waals surface area contributed by atoms with Crippen LogP contribution in [0.25, 0.3) is 22.0 Å². The Labute approximate surface area is 185 Å². The molecule has 0 fully saturated rings. The summed E-state index contributed by atoms with van der Waals surface area (Å²) in [4.78, 5) is 16.7. The van der Waals surface area contributed by atoms with Crippen molar-refractivity contribution in [3.8, 4) is 16.9 Å². The third kappa shape index (κ3) is 5.08. The van der Waals surface area contributed by atoms with E-state index in [1.807, 2.05) is 84.9 Å². The van der Waals surface area contributed by atoms with Gasteiger partial charge in [0, 0.05) is 10.9 Å². The van der Waals surface area contributed by atoms with Gasteiger partial charge in [0.2, 0.25) is 0 Å². The lowest BCUT2D eigenvalue weighted by atomic mass is 10.1. The largest absolute Gasteiger partial charge is 0.481 e. The number of hydrogen-bond donors (Lipinski definition) is 1. The van der Waals surface area contributed by atoms with Crippen molar-refractivity contribution in [3.05, 3.63) is 95.6 Å². The molecule has 154 valence electrons. The van der Waals surface area contributed by atoms with E-state index in [1.54, 1.807) is 6.92 Å². The number of fused-ring (bicyclic) bond motifs is 1. The lowest BCUT2D eigenvalue weighted by molar-refractivity contribution is -0.127. The fourth-order valence-electron chi connectivity index (χ4n) is 3.07. The van der Waals surface area contributed by atoms with E-state index >= 15 is 0 Å². The van der Waals surface area contributed by atoms with Gasteiger partial charge in [-0.1, -0.05) is 72.3 Å². The molecule has 4 aromatic rings. The Morgan fingerprint density at radius 3 is 2.45 bits per heavy atom. The minimum absolute atomic E-state index is 0.319. The zero-order valence-corrected chi connectivity index (χ0v) is 17.6. The van der Waals surface area contributed by atoms with E-state index in [-0.39, 0.29) is 5.91 Å². The fourth-order valence-corrected chi connectivity index (χ4v) is 3.26. The molecule has 0 saturated heterocycles. The average Bonchev–Trinajstić information content (AvgIpc) is 2.80. The van der Waals surface area contributed by atoms with Crippen molar-refractivity contribution in [3.63, 3.8) is 0 Å². The van der Waals surface area contributed by atoms with Crippen LogP contribution in [0.5, 0.6) is 5.75 Å². The van der Waals surface area contributed by atoms with Crippen LogP contribution in [-0.2, 0) is 4.79 Å². The Balaban J connectivity index is 1.36. The Hall–Kier alpha value is -3.70. The minimum atomic E-state index is -0.718. The fraction of sp³-hybridized carbons (Fsp3) is 0.0800. The first-order valence-corrected chi connectivity index (χ1v) is 10.2. The van der Waals surface area contributed by atoms with Crippen LogP contribution in [0.3, 0.4) is 0 Å². The summed E-state index contributed by atoms with van der Waals surface area (Å²) in [7, 11) is 0. The molecule has 0 radical (unpaired) electrons. The maximum absolute atomic E-state index is 12.3. The SMILES string of the molecule is C[C@@H](Oc1ccc(-c2ccccc2)cc1)C(=O)N/N=C\c1cc2ccccc2nc1Cl. The molecule has 31 heavy (non-hydrogen) atoms. The lowest BCUT2D eigenvalue weighted by Crippen LogP contribution is -2.33. The highest BCUT2D eigenvalue weighted by Crippen LogP contribution is 2.23. The summed E-state index contributed by atoms with van der Waals surface area (Å²) in [5.41, 5.74) is 6.10. The van der Waals surface area contributed by atoms with Crippen LogP contribution < -0.4 is 10.2 Å². The number of aromatic nitrogens is 1. The third-order valence-electron chi connectivity index (χ3n) is 4.73. The number of benzene rings is 3. The molecule has 3 aromatic carbocycles. The number of ether oxygens (including phenoxy) is 1. The summed E-state index contributed by atoms with van der Waals surface area (Å²) in [5, 5.41) is 5.26. The first kappa shape index (κ1) is 20.6. The average molecular weight is 430 g/mol. The molecule has 0 aliphatic carbocycles. The van der Waals surface area contributed by atoms with Crippen molar-refractivity contribution in [2.75, 3.05) is 0 Å². The molecule has 1 heterocycles. The van der Waals surface area contributed by atoms with Gasteiger partial charge in [-0.05, 0) is 42.3 Å². The number of hydrogen-bond acceptors (Lipinski definition) is 4. The summed E-state index contributed by atoms with van der Waals surface area (Å²) in [5.74, 6) is 0.237. The summed E-state index contributed by atoms with van der Waals surface area (Å²) in [6.07, 6.45) is 0.756. The van der Waals surface area contributed by atoms with Crippen LogP contribution in [0.2, 0.25) is 5.15 Å². The summed E-state index contributed by atoms with van der Waals surface area (Å²) >= 11 is 6.21. The van der Waals surface area contributed by atoms with Crippen molar-refractivity contribution in [2.24, 2.45) is 5.10 Å². The van der Waals surface area contributed by atoms with Gasteiger partial charge in [-0.2, -0.15) is 5.10 Å². The molecule has 0 bridgehead atoms. The monoisotopic (exact) mass is 429 g/mol. The molecule has 0 saturated carbocycles. The number of hydrazone groups is 1. The van der Waals surface area contributed by atoms with Crippen LogP contribution >= 0.6 is 11.6 Å². The van der Waals surface area contributed by atoms with E-state index in [2.05, 4.69) is 15.5 Å². The summed E-state index contributed by atoms with van der Waals surface area (Å²) < 4.78 is 5.73. The molecule has 0 spiro atoms. The highest BCUT2D eigenvalue weighted by Gasteiger charge is 2.14. The number of nitrogens with zero attached hydrogens (tertiary/aromatic N) is 2.